The lowest BCUT2D eigenvalue weighted by Gasteiger charge is -2.42. The SMILES string of the molecule is CC(C)C1CC(N2CCC(CCN)CC2)CCO1. The highest BCUT2D eigenvalue weighted by Crippen LogP contribution is 2.28. The quantitative estimate of drug-likeness (QED) is 0.836. The Kier molecular flexibility index (Phi) is 5.46. The van der Waals surface area contributed by atoms with Gasteiger partial charge in [-0.3, -0.25) is 0 Å². The van der Waals surface area contributed by atoms with E-state index in [0.717, 1.165) is 25.1 Å². The average molecular weight is 254 g/mol. The van der Waals surface area contributed by atoms with E-state index < -0.39 is 0 Å². The summed E-state index contributed by atoms with van der Waals surface area (Å²) in [6, 6.07) is 0.768. The van der Waals surface area contributed by atoms with Gasteiger partial charge in [0, 0.05) is 12.6 Å². The molecule has 0 aromatic heterocycles. The summed E-state index contributed by atoms with van der Waals surface area (Å²) in [5, 5.41) is 0. The number of likely N-dealkylation sites (tertiary alicyclic amines) is 1. The molecule has 2 fully saturated rings. The van der Waals surface area contributed by atoms with Crippen LogP contribution in [0.25, 0.3) is 0 Å². The van der Waals surface area contributed by atoms with Crippen LogP contribution in [0.4, 0.5) is 0 Å². The number of ether oxygens (including phenoxy) is 1. The molecule has 3 heteroatoms. The van der Waals surface area contributed by atoms with Crippen LogP contribution in [-0.4, -0.2) is 43.3 Å². The lowest BCUT2D eigenvalue weighted by atomic mass is 9.89. The van der Waals surface area contributed by atoms with Crippen molar-refractivity contribution in [3.05, 3.63) is 0 Å². The molecule has 2 atom stereocenters. The maximum Gasteiger partial charge on any atom is 0.0612 e. The van der Waals surface area contributed by atoms with Gasteiger partial charge in [-0.25, -0.2) is 0 Å². The second-order valence-electron chi connectivity index (χ2n) is 6.39. The maximum absolute atomic E-state index is 5.88. The lowest BCUT2D eigenvalue weighted by Crippen LogP contribution is -2.47. The Hall–Kier alpha value is -0.120. The summed E-state index contributed by atoms with van der Waals surface area (Å²) in [4.78, 5) is 2.71. The van der Waals surface area contributed by atoms with Gasteiger partial charge in [0.2, 0.25) is 0 Å². The van der Waals surface area contributed by atoms with E-state index in [1.807, 2.05) is 0 Å². The third kappa shape index (κ3) is 3.69. The third-order valence-corrected chi connectivity index (χ3v) is 4.77. The van der Waals surface area contributed by atoms with Gasteiger partial charge in [-0.15, -0.1) is 0 Å². The molecule has 2 aliphatic rings. The van der Waals surface area contributed by atoms with E-state index in [2.05, 4.69) is 18.7 Å². The molecule has 2 aliphatic heterocycles. The predicted molar refractivity (Wildman–Crippen MR) is 75.6 cm³/mol. The van der Waals surface area contributed by atoms with Crippen molar-refractivity contribution in [3.8, 4) is 0 Å². The molecular formula is C15H30N2O. The van der Waals surface area contributed by atoms with Crippen LogP contribution in [0.1, 0.15) is 46.0 Å². The highest BCUT2D eigenvalue weighted by molar-refractivity contribution is 4.84. The van der Waals surface area contributed by atoms with E-state index in [-0.39, 0.29) is 0 Å². The number of hydrogen-bond donors (Lipinski definition) is 1. The first-order valence-corrected chi connectivity index (χ1v) is 7.76. The van der Waals surface area contributed by atoms with Gasteiger partial charge in [-0.05, 0) is 63.6 Å². The summed E-state index contributed by atoms with van der Waals surface area (Å²) in [7, 11) is 0. The smallest absolute Gasteiger partial charge is 0.0612 e. The molecule has 2 N–H and O–H groups in total. The van der Waals surface area contributed by atoms with E-state index in [4.69, 9.17) is 10.5 Å². The highest BCUT2D eigenvalue weighted by Gasteiger charge is 2.30. The Morgan fingerprint density at radius 3 is 2.56 bits per heavy atom. The van der Waals surface area contributed by atoms with Crippen LogP contribution in [0, 0.1) is 11.8 Å². The average Bonchev–Trinajstić information content (AvgIpc) is 2.40. The zero-order valence-corrected chi connectivity index (χ0v) is 12.1. The fourth-order valence-corrected chi connectivity index (χ4v) is 3.45. The number of hydrogen-bond acceptors (Lipinski definition) is 3. The van der Waals surface area contributed by atoms with Crippen LogP contribution in [0.3, 0.4) is 0 Å². The van der Waals surface area contributed by atoms with Gasteiger partial charge in [0.15, 0.2) is 0 Å². The molecule has 0 saturated carbocycles. The van der Waals surface area contributed by atoms with Crippen LogP contribution < -0.4 is 5.73 Å². The zero-order chi connectivity index (χ0) is 13.0. The Morgan fingerprint density at radius 2 is 1.94 bits per heavy atom. The molecule has 2 unspecified atom stereocenters. The van der Waals surface area contributed by atoms with Crippen LogP contribution in [-0.2, 0) is 4.74 Å². The minimum absolute atomic E-state index is 0.477. The first kappa shape index (κ1) is 14.3. The summed E-state index contributed by atoms with van der Waals surface area (Å²) < 4.78 is 5.88. The van der Waals surface area contributed by atoms with Gasteiger partial charge in [0.25, 0.3) is 0 Å². The summed E-state index contributed by atoms with van der Waals surface area (Å²) in [6.45, 7) is 8.93. The van der Waals surface area contributed by atoms with Gasteiger partial charge in [-0.2, -0.15) is 0 Å². The molecule has 0 aliphatic carbocycles. The van der Waals surface area contributed by atoms with Gasteiger partial charge in [-0.1, -0.05) is 13.8 Å². The van der Waals surface area contributed by atoms with Crippen LogP contribution in [0.5, 0.6) is 0 Å². The number of nitrogens with zero attached hydrogens (tertiary/aromatic N) is 1. The molecule has 18 heavy (non-hydrogen) atoms. The molecule has 0 aromatic rings. The summed E-state index contributed by atoms with van der Waals surface area (Å²) >= 11 is 0. The molecule has 2 rings (SSSR count). The second kappa shape index (κ2) is 6.88. The van der Waals surface area contributed by atoms with Crippen molar-refractivity contribution >= 4 is 0 Å². The van der Waals surface area contributed by atoms with Crippen molar-refractivity contribution in [1.82, 2.24) is 4.90 Å². The van der Waals surface area contributed by atoms with Gasteiger partial charge in [0.05, 0.1) is 6.10 Å². The zero-order valence-electron chi connectivity index (χ0n) is 12.1. The molecule has 0 aromatic carbocycles. The molecule has 0 bridgehead atoms. The Balaban J connectivity index is 1.78. The van der Waals surface area contributed by atoms with Crippen molar-refractivity contribution in [2.24, 2.45) is 17.6 Å². The van der Waals surface area contributed by atoms with Crippen molar-refractivity contribution in [2.75, 3.05) is 26.2 Å². The van der Waals surface area contributed by atoms with Crippen LogP contribution in [0.15, 0.2) is 0 Å². The topological polar surface area (TPSA) is 38.5 Å². The monoisotopic (exact) mass is 254 g/mol. The summed E-state index contributed by atoms with van der Waals surface area (Å²) in [5.74, 6) is 1.54. The summed E-state index contributed by atoms with van der Waals surface area (Å²) in [6.07, 6.45) is 6.85. The molecule has 106 valence electrons. The number of rotatable bonds is 4. The molecule has 3 nitrogen and oxygen atoms in total. The fourth-order valence-electron chi connectivity index (χ4n) is 3.45. The van der Waals surface area contributed by atoms with E-state index in [1.54, 1.807) is 0 Å². The second-order valence-corrected chi connectivity index (χ2v) is 6.39. The number of piperidine rings is 1. The highest BCUT2D eigenvalue weighted by atomic mass is 16.5. The standard InChI is InChI=1S/C15H30N2O/c1-12(2)15-11-14(6-10-18-15)17-8-4-13(3-7-16)5-9-17/h12-15H,3-11,16H2,1-2H3. The first-order valence-electron chi connectivity index (χ1n) is 7.76. The molecular weight excluding hydrogens is 224 g/mol. The van der Waals surface area contributed by atoms with Crippen molar-refractivity contribution in [1.29, 1.82) is 0 Å². The Morgan fingerprint density at radius 1 is 1.22 bits per heavy atom. The minimum atomic E-state index is 0.477. The normalized spacial score (nSPS) is 32.0. The van der Waals surface area contributed by atoms with Crippen LogP contribution >= 0.6 is 0 Å². The van der Waals surface area contributed by atoms with Crippen molar-refractivity contribution in [2.45, 2.75) is 58.1 Å². The van der Waals surface area contributed by atoms with Crippen LogP contribution in [0.2, 0.25) is 0 Å². The molecule has 0 spiro atoms. The van der Waals surface area contributed by atoms with Gasteiger partial charge in [0.1, 0.15) is 0 Å². The Bertz CT molecular complexity index is 237. The van der Waals surface area contributed by atoms with Crippen molar-refractivity contribution < 1.29 is 4.74 Å². The molecule has 2 heterocycles. The van der Waals surface area contributed by atoms with Gasteiger partial charge >= 0.3 is 0 Å². The third-order valence-electron chi connectivity index (χ3n) is 4.77. The minimum Gasteiger partial charge on any atom is -0.378 e. The molecule has 0 amide bonds. The van der Waals surface area contributed by atoms with E-state index in [9.17, 15) is 0 Å². The summed E-state index contributed by atoms with van der Waals surface area (Å²) in [5.41, 5.74) is 5.66. The van der Waals surface area contributed by atoms with E-state index in [1.165, 1.54) is 45.2 Å². The van der Waals surface area contributed by atoms with E-state index >= 15 is 0 Å². The molecule has 0 radical (unpaired) electrons. The Labute approximate surface area is 112 Å². The fraction of sp³-hybridized carbons (Fsp3) is 1.00. The lowest BCUT2D eigenvalue weighted by molar-refractivity contribution is -0.0535. The maximum atomic E-state index is 5.88. The predicted octanol–water partition coefficient (Wildman–Crippen LogP) is 2.25. The van der Waals surface area contributed by atoms with E-state index in [0.29, 0.717) is 12.0 Å². The first-order chi connectivity index (χ1) is 8.70. The largest absolute Gasteiger partial charge is 0.378 e. The number of nitrogens with two attached hydrogens (primary N) is 1. The molecule has 2 saturated heterocycles. The van der Waals surface area contributed by atoms with Gasteiger partial charge < -0.3 is 15.4 Å². The van der Waals surface area contributed by atoms with Crippen molar-refractivity contribution in [3.63, 3.8) is 0 Å².